The van der Waals surface area contributed by atoms with Crippen molar-refractivity contribution in [3.05, 3.63) is 42.2 Å². The third kappa shape index (κ3) is 6.01. The molecule has 15 heteroatoms. The van der Waals surface area contributed by atoms with E-state index in [-0.39, 0.29) is 17.4 Å². The fourth-order valence-corrected chi connectivity index (χ4v) is 4.79. The Kier molecular flexibility index (Phi) is 8.07. The second-order valence-corrected chi connectivity index (χ2v) is 9.51. The molecule has 2 aliphatic rings. The highest BCUT2D eigenvalue weighted by Crippen LogP contribution is 2.32. The highest BCUT2D eigenvalue weighted by atomic mass is 19.3. The standard InChI is InChI=1S/C26H30F2N10O3/c1-39-19-4-2-3-18-21(19)32-23(22(27)28)38(18)26-34-24(33-25(35-26)37-9-13-41-14-10-37)31-17-15-29-20(30-16-17)5-6-36-7-11-40-12-8-36/h2-4,15-16,22H,5-14H2,1H3,(H,31,33,34,35). The predicted molar refractivity (Wildman–Crippen MR) is 145 cm³/mol. The summed E-state index contributed by atoms with van der Waals surface area (Å²) in [5.74, 6) is 1.07. The van der Waals surface area contributed by atoms with E-state index < -0.39 is 12.2 Å². The molecular formula is C26H30F2N10O3. The summed E-state index contributed by atoms with van der Waals surface area (Å²) in [6.45, 7) is 6.23. The van der Waals surface area contributed by atoms with E-state index in [0.717, 1.165) is 32.8 Å². The number of imidazole rings is 1. The average molecular weight is 569 g/mol. The van der Waals surface area contributed by atoms with Crippen molar-refractivity contribution in [3.63, 3.8) is 0 Å². The first-order valence-corrected chi connectivity index (χ1v) is 13.4. The number of halogens is 2. The minimum Gasteiger partial charge on any atom is -0.494 e. The number of methoxy groups -OCH3 is 1. The Morgan fingerprint density at radius 2 is 1.63 bits per heavy atom. The van der Waals surface area contributed by atoms with Gasteiger partial charge in [0.25, 0.3) is 6.43 Å². The number of morpholine rings is 2. The van der Waals surface area contributed by atoms with E-state index in [2.05, 4.69) is 40.1 Å². The van der Waals surface area contributed by atoms with E-state index in [0.29, 0.717) is 61.5 Å². The third-order valence-electron chi connectivity index (χ3n) is 6.91. The number of hydrogen-bond donors (Lipinski definition) is 1. The molecule has 2 fully saturated rings. The van der Waals surface area contributed by atoms with Crippen LogP contribution in [0.15, 0.2) is 30.6 Å². The zero-order valence-corrected chi connectivity index (χ0v) is 22.5. The topological polar surface area (TPSA) is 128 Å². The van der Waals surface area contributed by atoms with E-state index in [1.54, 1.807) is 30.6 Å². The molecule has 5 heterocycles. The van der Waals surface area contributed by atoms with Gasteiger partial charge in [0, 0.05) is 39.1 Å². The van der Waals surface area contributed by atoms with Crippen LogP contribution in [0.1, 0.15) is 18.1 Å². The van der Waals surface area contributed by atoms with Gasteiger partial charge in [0.1, 0.15) is 17.1 Å². The molecule has 4 aromatic rings. The molecule has 0 spiro atoms. The molecule has 216 valence electrons. The highest BCUT2D eigenvalue weighted by Gasteiger charge is 2.26. The number of alkyl halides is 2. The fraction of sp³-hybridized carbons (Fsp3) is 0.462. The molecular weight excluding hydrogens is 538 g/mol. The highest BCUT2D eigenvalue weighted by molar-refractivity contribution is 5.84. The van der Waals surface area contributed by atoms with Crippen molar-refractivity contribution < 1.29 is 23.0 Å². The van der Waals surface area contributed by atoms with Crippen LogP contribution in [0.25, 0.3) is 17.0 Å². The van der Waals surface area contributed by atoms with Gasteiger partial charge >= 0.3 is 0 Å². The van der Waals surface area contributed by atoms with Gasteiger partial charge in [-0.25, -0.2) is 23.7 Å². The molecule has 41 heavy (non-hydrogen) atoms. The van der Waals surface area contributed by atoms with Gasteiger partial charge in [-0.1, -0.05) is 6.07 Å². The number of para-hydroxylation sites is 1. The first-order chi connectivity index (χ1) is 20.1. The Labute approximate surface area is 234 Å². The molecule has 0 amide bonds. The molecule has 0 aliphatic carbocycles. The van der Waals surface area contributed by atoms with Gasteiger partial charge in [-0.3, -0.25) is 9.47 Å². The molecule has 0 bridgehead atoms. The largest absolute Gasteiger partial charge is 0.494 e. The van der Waals surface area contributed by atoms with E-state index >= 15 is 0 Å². The number of ether oxygens (including phenoxy) is 3. The van der Waals surface area contributed by atoms with Crippen LogP contribution in [0.5, 0.6) is 5.75 Å². The van der Waals surface area contributed by atoms with Crippen LogP contribution in [0.3, 0.4) is 0 Å². The zero-order chi connectivity index (χ0) is 28.2. The van der Waals surface area contributed by atoms with Crippen molar-refractivity contribution in [1.82, 2.24) is 39.4 Å². The number of hydrogen-bond acceptors (Lipinski definition) is 12. The van der Waals surface area contributed by atoms with Crippen molar-refractivity contribution in [2.45, 2.75) is 12.8 Å². The first kappa shape index (κ1) is 27.1. The van der Waals surface area contributed by atoms with Gasteiger partial charge in [0.2, 0.25) is 17.8 Å². The normalized spacial score (nSPS) is 16.4. The molecule has 1 N–H and O–H groups in total. The lowest BCUT2D eigenvalue weighted by atomic mass is 10.3. The number of nitrogens with zero attached hydrogens (tertiary/aromatic N) is 9. The lowest BCUT2D eigenvalue weighted by Gasteiger charge is -2.27. The number of benzene rings is 1. The smallest absolute Gasteiger partial charge is 0.296 e. The van der Waals surface area contributed by atoms with Crippen molar-refractivity contribution >= 4 is 28.6 Å². The maximum Gasteiger partial charge on any atom is 0.296 e. The molecule has 0 radical (unpaired) electrons. The van der Waals surface area contributed by atoms with Gasteiger partial charge in [-0.15, -0.1) is 0 Å². The van der Waals surface area contributed by atoms with Gasteiger partial charge in [0.15, 0.2) is 5.82 Å². The van der Waals surface area contributed by atoms with Crippen LogP contribution in [0.2, 0.25) is 0 Å². The Bertz CT molecular complexity index is 1470. The summed E-state index contributed by atoms with van der Waals surface area (Å²) < 4.78 is 46.0. The van der Waals surface area contributed by atoms with E-state index in [1.165, 1.54) is 11.7 Å². The van der Waals surface area contributed by atoms with Crippen LogP contribution in [-0.2, 0) is 15.9 Å². The quantitative estimate of drug-likeness (QED) is 0.318. The number of fused-ring (bicyclic) bond motifs is 1. The van der Waals surface area contributed by atoms with Crippen molar-refractivity contribution in [2.75, 3.05) is 76.5 Å². The van der Waals surface area contributed by atoms with Gasteiger partial charge < -0.3 is 24.4 Å². The van der Waals surface area contributed by atoms with Crippen LogP contribution >= 0.6 is 0 Å². The number of aromatic nitrogens is 7. The molecule has 2 saturated heterocycles. The molecule has 0 unspecified atom stereocenters. The summed E-state index contributed by atoms with van der Waals surface area (Å²) in [6, 6.07) is 5.04. The minimum atomic E-state index is -2.88. The fourth-order valence-electron chi connectivity index (χ4n) is 4.79. The zero-order valence-electron chi connectivity index (χ0n) is 22.5. The summed E-state index contributed by atoms with van der Waals surface area (Å²) in [5, 5.41) is 3.12. The Morgan fingerprint density at radius 1 is 0.927 bits per heavy atom. The van der Waals surface area contributed by atoms with Gasteiger partial charge in [-0.2, -0.15) is 15.0 Å². The van der Waals surface area contributed by atoms with Crippen LogP contribution in [0.4, 0.5) is 26.4 Å². The molecule has 13 nitrogen and oxygen atoms in total. The predicted octanol–water partition coefficient (Wildman–Crippen LogP) is 2.40. The van der Waals surface area contributed by atoms with E-state index in [1.807, 2.05) is 4.90 Å². The summed E-state index contributed by atoms with van der Waals surface area (Å²) >= 11 is 0. The first-order valence-electron chi connectivity index (χ1n) is 13.4. The third-order valence-corrected chi connectivity index (χ3v) is 6.91. The maximum absolute atomic E-state index is 14.2. The van der Waals surface area contributed by atoms with Crippen molar-refractivity contribution in [1.29, 1.82) is 0 Å². The second-order valence-electron chi connectivity index (χ2n) is 9.51. The SMILES string of the molecule is COc1cccc2c1nc(C(F)F)n2-c1nc(Nc2cnc(CCN3CCOCC3)nc2)nc(N2CCOCC2)n1. The van der Waals surface area contributed by atoms with Crippen LogP contribution in [-0.4, -0.2) is 106 Å². The molecule has 1 aromatic carbocycles. The Balaban J connectivity index is 1.32. The maximum atomic E-state index is 14.2. The Hall–Kier alpha value is -4.08. The summed E-state index contributed by atoms with van der Waals surface area (Å²) in [4.78, 5) is 31.1. The van der Waals surface area contributed by atoms with E-state index in [9.17, 15) is 8.78 Å². The molecule has 3 aromatic heterocycles. The number of rotatable bonds is 9. The number of anilines is 3. The van der Waals surface area contributed by atoms with E-state index in [4.69, 9.17) is 14.2 Å². The van der Waals surface area contributed by atoms with Crippen LogP contribution < -0.4 is 15.0 Å². The molecule has 0 saturated carbocycles. The minimum absolute atomic E-state index is 0.00176. The van der Waals surface area contributed by atoms with Crippen molar-refractivity contribution in [3.8, 4) is 11.7 Å². The van der Waals surface area contributed by atoms with Gasteiger partial charge in [0.05, 0.1) is 57.1 Å². The molecule has 6 rings (SSSR count). The summed E-state index contributed by atoms with van der Waals surface area (Å²) in [6.07, 6.45) is 1.14. The van der Waals surface area contributed by atoms with Gasteiger partial charge in [-0.05, 0) is 12.1 Å². The number of nitrogens with one attached hydrogen (secondary N) is 1. The monoisotopic (exact) mass is 568 g/mol. The average Bonchev–Trinajstić information content (AvgIpc) is 3.42. The summed E-state index contributed by atoms with van der Waals surface area (Å²) in [5.41, 5.74) is 1.23. The van der Waals surface area contributed by atoms with Crippen molar-refractivity contribution in [2.24, 2.45) is 0 Å². The molecule has 0 atom stereocenters. The lowest BCUT2D eigenvalue weighted by molar-refractivity contribution is 0.0382. The Morgan fingerprint density at radius 3 is 2.34 bits per heavy atom. The lowest BCUT2D eigenvalue weighted by Crippen LogP contribution is -2.37. The van der Waals surface area contributed by atoms with Crippen LogP contribution in [0, 0.1) is 0 Å². The summed E-state index contributed by atoms with van der Waals surface area (Å²) in [7, 11) is 1.47. The second kappa shape index (κ2) is 12.2. The molecule has 2 aliphatic heterocycles.